The van der Waals surface area contributed by atoms with Crippen LogP contribution in [0.2, 0.25) is 0 Å². The summed E-state index contributed by atoms with van der Waals surface area (Å²) in [5.41, 5.74) is -1.49. The molecule has 13 heavy (non-hydrogen) atoms. The molecule has 0 radical (unpaired) electrons. The highest BCUT2D eigenvalue weighted by atomic mass is 19.4. The predicted octanol–water partition coefficient (Wildman–Crippen LogP) is 4.16. The molecule has 3 heteroatoms. The van der Waals surface area contributed by atoms with Crippen LogP contribution in [0, 0.1) is 11.3 Å². The van der Waals surface area contributed by atoms with Crippen LogP contribution in [0.1, 0.15) is 46.0 Å². The standard InChI is InChI=1S/C10H17F3/c1-9(2,10(11,12)13)8-6-4-3-5-7-8/h8H,3-7H2,1-2H3. The quantitative estimate of drug-likeness (QED) is 0.588. The Bertz CT molecular complexity index is 163. The molecule has 1 aliphatic carbocycles. The van der Waals surface area contributed by atoms with Crippen LogP contribution in [-0.4, -0.2) is 6.18 Å². The van der Waals surface area contributed by atoms with Crippen molar-refractivity contribution in [1.29, 1.82) is 0 Å². The van der Waals surface area contributed by atoms with Gasteiger partial charge in [0, 0.05) is 0 Å². The molecule has 0 saturated heterocycles. The molecule has 0 heterocycles. The largest absolute Gasteiger partial charge is 0.394 e. The second-order valence-corrected chi connectivity index (χ2v) is 4.55. The van der Waals surface area contributed by atoms with Gasteiger partial charge in [0.25, 0.3) is 0 Å². The highest BCUT2D eigenvalue weighted by Gasteiger charge is 2.51. The lowest BCUT2D eigenvalue weighted by atomic mass is 9.71. The van der Waals surface area contributed by atoms with Gasteiger partial charge in [0.2, 0.25) is 0 Å². The minimum absolute atomic E-state index is 0.166. The first-order chi connectivity index (χ1) is 5.86. The van der Waals surface area contributed by atoms with Crippen molar-refractivity contribution >= 4 is 0 Å². The van der Waals surface area contributed by atoms with Gasteiger partial charge >= 0.3 is 6.18 Å². The lowest BCUT2D eigenvalue weighted by Crippen LogP contribution is -2.40. The lowest BCUT2D eigenvalue weighted by Gasteiger charge is -2.38. The van der Waals surface area contributed by atoms with E-state index >= 15 is 0 Å². The third kappa shape index (κ3) is 2.18. The Kier molecular flexibility index (Phi) is 2.93. The molecule has 0 nitrogen and oxygen atoms in total. The summed E-state index contributed by atoms with van der Waals surface area (Å²) in [7, 11) is 0. The van der Waals surface area contributed by atoms with Gasteiger partial charge in [-0.3, -0.25) is 0 Å². The molecule has 1 aliphatic rings. The van der Waals surface area contributed by atoms with Gasteiger partial charge in [-0.15, -0.1) is 0 Å². The van der Waals surface area contributed by atoms with Gasteiger partial charge in [-0.05, 0) is 18.8 Å². The first kappa shape index (κ1) is 10.9. The topological polar surface area (TPSA) is 0 Å². The Morgan fingerprint density at radius 3 is 1.77 bits per heavy atom. The molecule has 0 aromatic carbocycles. The van der Waals surface area contributed by atoms with E-state index in [1.165, 1.54) is 13.8 Å². The first-order valence-electron chi connectivity index (χ1n) is 4.92. The van der Waals surface area contributed by atoms with Crippen molar-refractivity contribution in [1.82, 2.24) is 0 Å². The monoisotopic (exact) mass is 194 g/mol. The Morgan fingerprint density at radius 2 is 1.38 bits per heavy atom. The summed E-state index contributed by atoms with van der Waals surface area (Å²) in [4.78, 5) is 0. The molecule has 0 bridgehead atoms. The normalized spacial score (nSPS) is 21.9. The molecule has 1 fully saturated rings. The fourth-order valence-electron chi connectivity index (χ4n) is 2.06. The van der Waals surface area contributed by atoms with Crippen molar-refractivity contribution in [2.24, 2.45) is 11.3 Å². The summed E-state index contributed by atoms with van der Waals surface area (Å²) in [6, 6.07) is 0. The molecule has 1 rings (SSSR count). The van der Waals surface area contributed by atoms with Gasteiger partial charge in [-0.1, -0.05) is 33.1 Å². The molecule has 0 spiro atoms. The van der Waals surface area contributed by atoms with Gasteiger partial charge in [-0.25, -0.2) is 0 Å². The molecule has 0 unspecified atom stereocenters. The summed E-state index contributed by atoms with van der Waals surface area (Å²) in [5.74, 6) is -0.166. The lowest BCUT2D eigenvalue weighted by molar-refractivity contribution is -0.232. The Balaban J connectivity index is 2.67. The van der Waals surface area contributed by atoms with Crippen molar-refractivity contribution in [2.45, 2.75) is 52.1 Å². The van der Waals surface area contributed by atoms with Crippen LogP contribution in [0.4, 0.5) is 13.2 Å². The molecule has 0 aromatic heterocycles. The van der Waals surface area contributed by atoms with E-state index in [0.717, 1.165) is 32.1 Å². The summed E-state index contributed by atoms with van der Waals surface area (Å²) in [6.07, 6.45) is 0.465. The van der Waals surface area contributed by atoms with Crippen LogP contribution >= 0.6 is 0 Å². The Hall–Kier alpha value is -0.210. The van der Waals surface area contributed by atoms with E-state index in [1.54, 1.807) is 0 Å². The number of rotatable bonds is 1. The summed E-state index contributed by atoms with van der Waals surface area (Å²) in [6.45, 7) is 2.67. The van der Waals surface area contributed by atoms with Gasteiger partial charge in [0.15, 0.2) is 0 Å². The maximum atomic E-state index is 12.6. The van der Waals surface area contributed by atoms with Crippen LogP contribution in [0.15, 0.2) is 0 Å². The molecule has 0 N–H and O–H groups in total. The summed E-state index contributed by atoms with van der Waals surface area (Å²) < 4.78 is 37.9. The summed E-state index contributed by atoms with van der Waals surface area (Å²) in [5, 5.41) is 0. The highest BCUT2D eigenvalue weighted by Crippen LogP contribution is 2.48. The zero-order chi connectivity index (χ0) is 10.1. The van der Waals surface area contributed by atoms with Gasteiger partial charge < -0.3 is 0 Å². The zero-order valence-electron chi connectivity index (χ0n) is 8.25. The molecule has 0 aromatic rings. The third-order valence-corrected chi connectivity index (χ3v) is 3.36. The number of alkyl halides is 3. The zero-order valence-corrected chi connectivity index (χ0v) is 8.25. The maximum absolute atomic E-state index is 12.6. The predicted molar refractivity (Wildman–Crippen MR) is 46.4 cm³/mol. The number of halogens is 3. The van der Waals surface area contributed by atoms with Crippen LogP contribution in [0.5, 0.6) is 0 Å². The second kappa shape index (κ2) is 3.50. The average molecular weight is 194 g/mol. The molecule has 0 amide bonds. The molecular formula is C10H17F3. The second-order valence-electron chi connectivity index (χ2n) is 4.55. The van der Waals surface area contributed by atoms with Crippen LogP contribution < -0.4 is 0 Å². The highest BCUT2D eigenvalue weighted by molar-refractivity contribution is 4.86. The first-order valence-corrected chi connectivity index (χ1v) is 4.92. The van der Waals surface area contributed by atoms with Crippen LogP contribution in [0.3, 0.4) is 0 Å². The molecule has 78 valence electrons. The van der Waals surface area contributed by atoms with Crippen molar-refractivity contribution < 1.29 is 13.2 Å². The van der Waals surface area contributed by atoms with E-state index < -0.39 is 11.6 Å². The van der Waals surface area contributed by atoms with Gasteiger partial charge in [0.05, 0.1) is 5.41 Å². The van der Waals surface area contributed by atoms with E-state index in [4.69, 9.17) is 0 Å². The van der Waals surface area contributed by atoms with E-state index in [1.807, 2.05) is 0 Å². The fraction of sp³-hybridized carbons (Fsp3) is 1.00. The fourth-order valence-corrected chi connectivity index (χ4v) is 2.06. The summed E-state index contributed by atoms with van der Waals surface area (Å²) >= 11 is 0. The van der Waals surface area contributed by atoms with Crippen molar-refractivity contribution in [2.75, 3.05) is 0 Å². The van der Waals surface area contributed by atoms with E-state index in [9.17, 15) is 13.2 Å². The minimum atomic E-state index is -4.05. The van der Waals surface area contributed by atoms with Crippen molar-refractivity contribution in [3.63, 3.8) is 0 Å². The molecular weight excluding hydrogens is 177 g/mol. The molecule has 1 saturated carbocycles. The van der Waals surface area contributed by atoms with Crippen LogP contribution in [-0.2, 0) is 0 Å². The number of hydrogen-bond acceptors (Lipinski definition) is 0. The maximum Gasteiger partial charge on any atom is 0.394 e. The molecule has 0 atom stereocenters. The molecule has 0 aliphatic heterocycles. The van der Waals surface area contributed by atoms with Gasteiger partial charge in [0.1, 0.15) is 0 Å². The van der Waals surface area contributed by atoms with E-state index in [-0.39, 0.29) is 5.92 Å². The van der Waals surface area contributed by atoms with Crippen molar-refractivity contribution in [3.8, 4) is 0 Å². The van der Waals surface area contributed by atoms with E-state index in [2.05, 4.69) is 0 Å². The Labute approximate surface area is 77.5 Å². The smallest absolute Gasteiger partial charge is 0.171 e. The SMILES string of the molecule is CC(C)(C1CCCCC1)C(F)(F)F. The third-order valence-electron chi connectivity index (χ3n) is 3.36. The minimum Gasteiger partial charge on any atom is -0.171 e. The van der Waals surface area contributed by atoms with Crippen molar-refractivity contribution in [3.05, 3.63) is 0 Å². The van der Waals surface area contributed by atoms with Gasteiger partial charge in [-0.2, -0.15) is 13.2 Å². The van der Waals surface area contributed by atoms with Crippen LogP contribution in [0.25, 0.3) is 0 Å². The van der Waals surface area contributed by atoms with E-state index in [0.29, 0.717) is 0 Å². The Morgan fingerprint density at radius 1 is 0.923 bits per heavy atom. The number of hydrogen-bond donors (Lipinski definition) is 0. The average Bonchev–Trinajstić information content (AvgIpc) is 2.04.